The van der Waals surface area contributed by atoms with Crippen molar-refractivity contribution in [2.75, 3.05) is 19.7 Å². The monoisotopic (exact) mass is 182 g/mol. The molecule has 0 aliphatic carbocycles. The number of nitrogens with zero attached hydrogens (tertiary/aromatic N) is 2. The summed E-state index contributed by atoms with van der Waals surface area (Å²) in [7, 11) is 0. The minimum atomic E-state index is 0.135. The predicted molar refractivity (Wildman–Crippen MR) is 51.3 cm³/mol. The lowest BCUT2D eigenvalue weighted by Gasteiger charge is -2.19. The molecule has 0 spiro atoms. The lowest BCUT2D eigenvalue weighted by molar-refractivity contribution is 0.0600. The molecular weight excluding hydrogens is 164 g/mol. The van der Waals surface area contributed by atoms with E-state index in [4.69, 9.17) is 10.00 Å². The second-order valence-corrected chi connectivity index (χ2v) is 3.74. The van der Waals surface area contributed by atoms with Gasteiger partial charge in [0.25, 0.3) is 0 Å². The van der Waals surface area contributed by atoms with Gasteiger partial charge in [0.2, 0.25) is 0 Å². The van der Waals surface area contributed by atoms with E-state index in [1.807, 2.05) is 13.8 Å². The molecule has 1 saturated heterocycles. The molecule has 1 rings (SSSR count). The van der Waals surface area contributed by atoms with Crippen molar-refractivity contribution in [3.8, 4) is 6.07 Å². The molecule has 0 aromatic heterocycles. The SMILES string of the molecule is CC(C)OCCN1CCCC1C#N. The zero-order valence-corrected chi connectivity index (χ0v) is 8.49. The highest BCUT2D eigenvalue weighted by molar-refractivity contribution is 4.95. The molecule has 0 bridgehead atoms. The maximum atomic E-state index is 8.81. The Bertz CT molecular complexity index is 186. The topological polar surface area (TPSA) is 36.3 Å². The molecule has 0 radical (unpaired) electrons. The Morgan fingerprint density at radius 1 is 1.62 bits per heavy atom. The second kappa shape index (κ2) is 5.21. The molecule has 1 aliphatic rings. The maximum absolute atomic E-state index is 8.81. The highest BCUT2D eigenvalue weighted by Gasteiger charge is 2.23. The zero-order valence-electron chi connectivity index (χ0n) is 8.49. The van der Waals surface area contributed by atoms with Crippen LogP contribution in [0, 0.1) is 11.3 Å². The molecule has 1 unspecified atom stereocenters. The number of nitriles is 1. The van der Waals surface area contributed by atoms with E-state index in [1.54, 1.807) is 0 Å². The van der Waals surface area contributed by atoms with E-state index in [2.05, 4.69) is 11.0 Å². The summed E-state index contributed by atoms with van der Waals surface area (Å²) in [6.07, 6.45) is 2.47. The van der Waals surface area contributed by atoms with Gasteiger partial charge in [-0.3, -0.25) is 4.90 Å². The summed E-state index contributed by atoms with van der Waals surface area (Å²) in [5.74, 6) is 0. The van der Waals surface area contributed by atoms with Crippen molar-refractivity contribution >= 4 is 0 Å². The number of hydrogen-bond donors (Lipinski definition) is 0. The second-order valence-electron chi connectivity index (χ2n) is 3.74. The molecule has 0 aromatic rings. The Balaban J connectivity index is 2.17. The van der Waals surface area contributed by atoms with Crippen molar-refractivity contribution in [1.29, 1.82) is 5.26 Å². The fourth-order valence-corrected chi connectivity index (χ4v) is 1.65. The van der Waals surface area contributed by atoms with Crippen LogP contribution >= 0.6 is 0 Å². The van der Waals surface area contributed by atoms with Gasteiger partial charge >= 0.3 is 0 Å². The van der Waals surface area contributed by atoms with E-state index in [0.717, 1.165) is 32.5 Å². The Kier molecular flexibility index (Phi) is 4.20. The predicted octanol–water partition coefficient (Wildman–Crippen LogP) is 1.40. The first kappa shape index (κ1) is 10.5. The third-order valence-electron chi connectivity index (χ3n) is 2.34. The normalized spacial score (nSPS) is 23.7. The summed E-state index contributed by atoms with van der Waals surface area (Å²) in [4.78, 5) is 2.21. The summed E-state index contributed by atoms with van der Waals surface area (Å²) >= 11 is 0. The Morgan fingerprint density at radius 3 is 3.00 bits per heavy atom. The molecule has 0 aromatic carbocycles. The lowest BCUT2D eigenvalue weighted by atomic mass is 10.2. The van der Waals surface area contributed by atoms with Gasteiger partial charge in [-0.1, -0.05) is 0 Å². The fraction of sp³-hybridized carbons (Fsp3) is 0.900. The average molecular weight is 182 g/mol. The van der Waals surface area contributed by atoms with Crippen molar-refractivity contribution in [2.24, 2.45) is 0 Å². The number of rotatable bonds is 4. The molecule has 0 saturated carbocycles. The van der Waals surface area contributed by atoms with E-state index in [-0.39, 0.29) is 6.04 Å². The first-order valence-electron chi connectivity index (χ1n) is 4.99. The summed E-state index contributed by atoms with van der Waals surface area (Å²) in [5.41, 5.74) is 0. The maximum Gasteiger partial charge on any atom is 0.0979 e. The minimum Gasteiger partial charge on any atom is -0.377 e. The van der Waals surface area contributed by atoms with Gasteiger partial charge in [-0.05, 0) is 33.2 Å². The molecule has 13 heavy (non-hydrogen) atoms. The van der Waals surface area contributed by atoms with Crippen LogP contribution in [0.2, 0.25) is 0 Å². The Labute approximate surface area is 80.3 Å². The molecule has 0 amide bonds. The summed E-state index contributed by atoms with van der Waals surface area (Å²) in [6.45, 7) is 6.77. The van der Waals surface area contributed by atoms with Gasteiger partial charge in [-0.15, -0.1) is 0 Å². The summed E-state index contributed by atoms with van der Waals surface area (Å²) in [6, 6.07) is 2.46. The van der Waals surface area contributed by atoms with Crippen LogP contribution in [0.4, 0.5) is 0 Å². The first-order valence-corrected chi connectivity index (χ1v) is 4.99. The van der Waals surface area contributed by atoms with E-state index >= 15 is 0 Å². The van der Waals surface area contributed by atoms with Crippen LogP contribution in [0.3, 0.4) is 0 Å². The molecule has 3 heteroatoms. The molecule has 1 fully saturated rings. The standard InChI is InChI=1S/C10H18N2O/c1-9(2)13-7-6-12-5-3-4-10(12)8-11/h9-10H,3-7H2,1-2H3. The third-order valence-corrected chi connectivity index (χ3v) is 2.34. The summed E-state index contributed by atoms with van der Waals surface area (Å²) in [5, 5.41) is 8.81. The van der Waals surface area contributed by atoms with Crippen molar-refractivity contribution in [3.05, 3.63) is 0 Å². The molecule has 1 atom stereocenters. The van der Waals surface area contributed by atoms with Gasteiger partial charge in [0.05, 0.1) is 24.8 Å². The van der Waals surface area contributed by atoms with Crippen LogP contribution in [-0.2, 0) is 4.74 Å². The van der Waals surface area contributed by atoms with Crippen molar-refractivity contribution < 1.29 is 4.74 Å². The molecule has 1 heterocycles. The lowest BCUT2D eigenvalue weighted by Crippen LogP contribution is -2.32. The van der Waals surface area contributed by atoms with E-state index in [9.17, 15) is 0 Å². The van der Waals surface area contributed by atoms with Gasteiger partial charge in [-0.25, -0.2) is 0 Å². The van der Waals surface area contributed by atoms with Gasteiger partial charge in [0.15, 0.2) is 0 Å². The minimum absolute atomic E-state index is 0.135. The van der Waals surface area contributed by atoms with Crippen molar-refractivity contribution in [1.82, 2.24) is 4.90 Å². The van der Waals surface area contributed by atoms with Gasteiger partial charge in [0.1, 0.15) is 0 Å². The van der Waals surface area contributed by atoms with E-state index < -0.39 is 0 Å². The van der Waals surface area contributed by atoms with E-state index in [0.29, 0.717) is 6.10 Å². The van der Waals surface area contributed by atoms with Gasteiger partial charge in [-0.2, -0.15) is 5.26 Å². The Hall–Kier alpha value is -0.590. The van der Waals surface area contributed by atoms with Gasteiger partial charge < -0.3 is 4.74 Å². The molecule has 3 nitrogen and oxygen atoms in total. The largest absolute Gasteiger partial charge is 0.377 e. The van der Waals surface area contributed by atoms with Crippen LogP contribution in [-0.4, -0.2) is 36.7 Å². The molecule has 74 valence electrons. The van der Waals surface area contributed by atoms with Crippen molar-refractivity contribution in [2.45, 2.75) is 38.8 Å². The first-order chi connectivity index (χ1) is 6.24. The Morgan fingerprint density at radius 2 is 2.38 bits per heavy atom. The number of likely N-dealkylation sites (tertiary alicyclic amines) is 1. The smallest absolute Gasteiger partial charge is 0.0979 e. The highest BCUT2D eigenvalue weighted by atomic mass is 16.5. The quantitative estimate of drug-likeness (QED) is 0.659. The van der Waals surface area contributed by atoms with Crippen molar-refractivity contribution in [3.63, 3.8) is 0 Å². The van der Waals surface area contributed by atoms with Crippen LogP contribution in [0.15, 0.2) is 0 Å². The van der Waals surface area contributed by atoms with E-state index in [1.165, 1.54) is 0 Å². The van der Waals surface area contributed by atoms with Gasteiger partial charge in [0, 0.05) is 6.54 Å². The van der Waals surface area contributed by atoms with Crippen LogP contribution in [0.5, 0.6) is 0 Å². The number of hydrogen-bond acceptors (Lipinski definition) is 3. The molecular formula is C10H18N2O. The van der Waals surface area contributed by atoms with Crippen LogP contribution < -0.4 is 0 Å². The average Bonchev–Trinajstić information content (AvgIpc) is 2.51. The van der Waals surface area contributed by atoms with Crippen LogP contribution in [0.1, 0.15) is 26.7 Å². The number of ether oxygens (including phenoxy) is 1. The fourth-order valence-electron chi connectivity index (χ4n) is 1.65. The summed E-state index contributed by atoms with van der Waals surface area (Å²) < 4.78 is 5.45. The highest BCUT2D eigenvalue weighted by Crippen LogP contribution is 2.15. The zero-order chi connectivity index (χ0) is 9.68. The molecule has 0 N–H and O–H groups in total. The molecule has 1 aliphatic heterocycles. The third kappa shape index (κ3) is 3.33. The van der Waals surface area contributed by atoms with Crippen LogP contribution in [0.25, 0.3) is 0 Å².